The Morgan fingerprint density at radius 2 is 1.89 bits per heavy atom. The number of ether oxygens (including phenoxy) is 2. The molecule has 8 heteroatoms. The Morgan fingerprint density at radius 1 is 1.16 bits per heavy atom. The first-order valence-electron chi connectivity index (χ1n) is 13.1. The van der Waals surface area contributed by atoms with E-state index >= 15 is 0 Å². The molecule has 2 aromatic rings. The summed E-state index contributed by atoms with van der Waals surface area (Å²) in [6.45, 7) is 11.8. The van der Waals surface area contributed by atoms with E-state index in [1.54, 1.807) is 13.0 Å². The van der Waals surface area contributed by atoms with Crippen LogP contribution in [0.1, 0.15) is 88.2 Å². The molecule has 1 unspecified atom stereocenters. The highest BCUT2D eigenvalue weighted by atomic mass is 32.2. The number of carboxylic acid groups (broad SMARTS) is 1. The predicted molar refractivity (Wildman–Crippen MR) is 148 cm³/mol. The monoisotopic (exact) mass is 531 g/mol. The normalized spacial score (nSPS) is 14.5. The van der Waals surface area contributed by atoms with Crippen molar-refractivity contribution in [3.05, 3.63) is 46.5 Å². The van der Waals surface area contributed by atoms with Crippen LogP contribution in [0.15, 0.2) is 24.3 Å². The van der Waals surface area contributed by atoms with Crippen LogP contribution >= 0.6 is 0 Å². The van der Waals surface area contributed by atoms with E-state index < -0.39 is 27.7 Å². The summed E-state index contributed by atoms with van der Waals surface area (Å²) in [7, 11) is -3.60. The summed E-state index contributed by atoms with van der Waals surface area (Å²) in [5.41, 5.74) is 4.10. The van der Waals surface area contributed by atoms with Crippen molar-refractivity contribution in [2.75, 3.05) is 17.1 Å². The average molecular weight is 532 g/mol. The number of carboxylic acids is 1. The number of benzene rings is 2. The van der Waals surface area contributed by atoms with Crippen molar-refractivity contribution >= 4 is 21.7 Å². The van der Waals surface area contributed by atoms with Gasteiger partial charge in [0.15, 0.2) is 6.10 Å². The minimum atomic E-state index is -3.60. The molecule has 1 atom stereocenters. The van der Waals surface area contributed by atoms with E-state index in [0.29, 0.717) is 29.8 Å². The second kappa shape index (κ2) is 11.9. The summed E-state index contributed by atoms with van der Waals surface area (Å²) < 4.78 is 40.4. The van der Waals surface area contributed by atoms with Crippen LogP contribution in [0.5, 0.6) is 5.75 Å². The van der Waals surface area contributed by atoms with Gasteiger partial charge in [-0.05, 0) is 99.9 Å². The maximum absolute atomic E-state index is 12.9. The van der Waals surface area contributed by atoms with Gasteiger partial charge in [-0.3, -0.25) is 4.72 Å². The number of carbonyl (C=O) groups is 1. The highest BCUT2D eigenvalue weighted by molar-refractivity contribution is 7.92. The van der Waals surface area contributed by atoms with Crippen LogP contribution in [0.4, 0.5) is 5.69 Å². The molecule has 0 aromatic heterocycles. The van der Waals surface area contributed by atoms with Crippen molar-refractivity contribution in [3.63, 3.8) is 0 Å². The molecule has 2 aromatic carbocycles. The van der Waals surface area contributed by atoms with Gasteiger partial charge in [0, 0.05) is 5.56 Å². The second-order valence-corrected chi connectivity index (χ2v) is 12.7. The molecule has 0 fully saturated rings. The molecule has 0 saturated heterocycles. The fraction of sp³-hybridized carbons (Fsp3) is 0.552. The molecule has 0 saturated carbocycles. The minimum absolute atomic E-state index is 0.0221. The van der Waals surface area contributed by atoms with Gasteiger partial charge in [-0.2, -0.15) is 0 Å². The van der Waals surface area contributed by atoms with Crippen molar-refractivity contribution < 1.29 is 27.8 Å². The molecule has 7 nitrogen and oxygen atoms in total. The summed E-state index contributed by atoms with van der Waals surface area (Å²) in [6, 6.07) is 7.70. The zero-order chi connectivity index (χ0) is 27.4. The maximum atomic E-state index is 12.9. The van der Waals surface area contributed by atoms with E-state index in [-0.39, 0.29) is 5.75 Å². The van der Waals surface area contributed by atoms with Crippen LogP contribution in [0.2, 0.25) is 0 Å². The smallest absolute Gasteiger partial charge is 0.337 e. The Hall–Kier alpha value is -2.58. The molecule has 1 aliphatic heterocycles. The van der Waals surface area contributed by atoms with Gasteiger partial charge < -0.3 is 14.6 Å². The Kier molecular flexibility index (Phi) is 9.29. The number of hydrogen-bond acceptors (Lipinski definition) is 5. The third-order valence-corrected chi connectivity index (χ3v) is 7.88. The summed E-state index contributed by atoms with van der Waals surface area (Å²) in [6.07, 6.45) is 3.96. The minimum Gasteiger partial charge on any atom is -0.493 e. The lowest BCUT2D eigenvalue weighted by Gasteiger charge is -2.30. The van der Waals surface area contributed by atoms with Crippen LogP contribution in [-0.2, 0) is 26.0 Å². The quantitative estimate of drug-likeness (QED) is 0.319. The molecular weight excluding hydrogens is 490 g/mol. The zero-order valence-corrected chi connectivity index (χ0v) is 23.8. The highest BCUT2D eigenvalue weighted by Crippen LogP contribution is 2.42. The zero-order valence-electron chi connectivity index (χ0n) is 22.9. The van der Waals surface area contributed by atoms with E-state index in [2.05, 4.69) is 11.6 Å². The van der Waals surface area contributed by atoms with E-state index in [1.807, 2.05) is 45.9 Å². The van der Waals surface area contributed by atoms with E-state index in [4.69, 9.17) is 9.47 Å². The number of nitrogens with one attached hydrogen (secondary N) is 1. The predicted octanol–water partition coefficient (Wildman–Crippen LogP) is 6.56. The Bertz CT molecular complexity index is 1230. The summed E-state index contributed by atoms with van der Waals surface area (Å²) in [4.78, 5) is 12.6. The van der Waals surface area contributed by atoms with Gasteiger partial charge in [-0.25, -0.2) is 13.2 Å². The average Bonchev–Trinajstić information content (AvgIpc) is 2.81. The topological polar surface area (TPSA) is 102 Å². The van der Waals surface area contributed by atoms with E-state index in [0.717, 1.165) is 60.1 Å². The van der Waals surface area contributed by atoms with Crippen molar-refractivity contribution in [2.45, 2.75) is 91.8 Å². The number of hydrogen-bond donors (Lipinski definition) is 2. The van der Waals surface area contributed by atoms with Crippen LogP contribution < -0.4 is 9.46 Å². The third-order valence-electron chi connectivity index (χ3n) is 6.52. The SMILES string of the molecule is CCCCCCS(=O)(=O)Nc1cc(C)c(-c2ccc3c(c2)CCCO3)c(C(OC(C)(C)C)C(=O)O)c1C. The molecule has 204 valence electrons. The molecule has 37 heavy (non-hydrogen) atoms. The number of aliphatic carboxylic acids is 1. The van der Waals surface area contributed by atoms with E-state index in [1.165, 1.54) is 0 Å². The Morgan fingerprint density at radius 3 is 2.54 bits per heavy atom. The molecule has 0 bridgehead atoms. The summed E-state index contributed by atoms with van der Waals surface area (Å²) in [5, 5.41) is 10.3. The van der Waals surface area contributed by atoms with Gasteiger partial charge in [0.05, 0.1) is 23.6 Å². The number of fused-ring (bicyclic) bond motifs is 1. The fourth-order valence-electron chi connectivity index (χ4n) is 4.80. The molecule has 0 aliphatic carbocycles. The van der Waals surface area contributed by atoms with Gasteiger partial charge >= 0.3 is 5.97 Å². The third kappa shape index (κ3) is 7.48. The van der Waals surface area contributed by atoms with Crippen LogP contribution in [-0.4, -0.2) is 37.5 Å². The first kappa shape index (κ1) is 29.0. The summed E-state index contributed by atoms with van der Waals surface area (Å²) in [5.74, 6) is -0.257. The fourth-order valence-corrected chi connectivity index (χ4v) is 6.03. The van der Waals surface area contributed by atoms with Crippen molar-refractivity contribution in [3.8, 4) is 16.9 Å². The van der Waals surface area contributed by atoms with Gasteiger partial charge in [0.2, 0.25) is 10.0 Å². The number of aryl methyl sites for hydroxylation is 2. The molecule has 0 radical (unpaired) electrons. The molecule has 0 spiro atoms. The number of rotatable bonds is 11. The van der Waals surface area contributed by atoms with Crippen LogP contribution in [0.3, 0.4) is 0 Å². The molecule has 1 aliphatic rings. The number of sulfonamides is 1. The molecule has 0 amide bonds. The van der Waals surface area contributed by atoms with Gasteiger partial charge in [-0.15, -0.1) is 0 Å². The Labute approximate surface area is 221 Å². The largest absolute Gasteiger partial charge is 0.493 e. The molecule has 2 N–H and O–H groups in total. The van der Waals surface area contributed by atoms with Gasteiger partial charge in [0.25, 0.3) is 0 Å². The highest BCUT2D eigenvalue weighted by Gasteiger charge is 2.33. The molecule has 3 rings (SSSR count). The number of anilines is 1. The number of unbranched alkanes of at least 4 members (excludes halogenated alkanes) is 3. The van der Waals surface area contributed by atoms with Crippen molar-refractivity contribution in [1.29, 1.82) is 0 Å². The van der Waals surface area contributed by atoms with Crippen LogP contribution in [0.25, 0.3) is 11.1 Å². The maximum Gasteiger partial charge on any atom is 0.337 e. The summed E-state index contributed by atoms with van der Waals surface area (Å²) >= 11 is 0. The second-order valence-electron chi connectivity index (χ2n) is 10.9. The molecular formula is C29H41NO6S. The first-order valence-corrected chi connectivity index (χ1v) is 14.8. The van der Waals surface area contributed by atoms with E-state index in [9.17, 15) is 18.3 Å². The van der Waals surface area contributed by atoms with Crippen LogP contribution in [0, 0.1) is 13.8 Å². The van der Waals surface area contributed by atoms with Gasteiger partial charge in [0.1, 0.15) is 5.75 Å². The van der Waals surface area contributed by atoms with Gasteiger partial charge in [-0.1, -0.05) is 32.3 Å². The van der Waals surface area contributed by atoms with Crippen molar-refractivity contribution in [2.24, 2.45) is 0 Å². The lowest BCUT2D eigenvalue weighted by atomic mass is 9.86. The molecule has 1 heterocycles. The lowest BCUT2D eigenvalue weighted by Crippen LogP contribution is -2.29. The first-order chi connectivity index (χ1) is 17.3. The standard InChI is InChI=1S/C29H41NO6S/c1-7-8-9-10-16-37(33,34)30-23-17-19(2)25(22-13-14-24-21(18-22)12-11-15-35-24)26(20(23)3)27(28(31)32)36-29(4,5)6/h13-14,17-18,27,30H,7-12,15-16H2,1-6H3,(H,31,32). The Balaban J connectivity index is 2.15. The lowest BCUT2D eigenvalue weighted by molar-refractivity contribution is -0.160. The van der Waals surface area contributed by atoms with Crippen molar-refractivity contribution in [1.82, 2.24) is 0 Å².